The monoisotopic (exact) mass is 251 g/mol. The van der Waals surface area contributed by atoms with E-state index in [1.54, 1.807) is 12.1 Å². The summed E-state index contributed by atoms with van der Waals surface area (Å²) in [4.78, 5) is 11.0. The van der Waals surface area contributed by atoms with E-state index in [1.807, 2.05) is 19.1 Å². The number of carboxylic acids is 1. The summed E-state index contributed by atoms with van der Waals surface area (Å²) in [7, 11) is 0. The van der Waals surface area contributed by atoms with Gasteiger partial charge < -0.3 is 15.9 Å². The first-order valence-corrected chi connectivity index (χ1v) is 6.28. The molecule has 2 unspecified atom stereocenters. The lowest BCUT2D eigenvalue weighted by Gasteiger charge is -2.19. The van der Waals surface area contributed by atoms with Crippen LogP contribution < -0.4 is 5.73 Å². The van der Waals surface area contributed by atoms with E-state index in [9.17, 15) is 9.90 Å². The van der Waals surface area contributed by atoms with Crippen molar-refractivity contribution in [2.45, 2.75) is 26.2 Å². The topological polar surface area (TPSA) is 83.5 Å². The molecular weight excluding hydrogens is 230 g/mol. The Morgan fingerprint density at radius 3 is 2.56 bits per heavy atom. The maximum Gasteiger partial charge on any atom is 0.307 e. The number of carboxylic acid groups (broad SMARTS) is 1. The molecule has 18 heavy (non-hydrogen) atoms. The molecule has 4 heteroatoms. The predicted octanol–water partition coefficient (Wildman–Crippen LogP) is 2.01. The molecule has 0 fully saturated rings. The molecule has 0 radical (unpaired) electrons. The van der Waals surface area contributed by atoms with Crippen molar-refractivity contribution in [3.05, 3.63) is 29.8 Å². The minimum Gasteiger partial charge on any atom is -0.508 e. The van der Waals surface area contributed by atoms with Crippen molar-refractivity contribution in [1.29, 1.82) is 0 Å². The molecule has 0 aliphatic carbocycles. The summed E-state index contributed by atoms with van der Waals surface area (Å²) in [6, 6.07) is 7.18. The molecule has 1 rings (SSSR count). The zero-order chi connectivity index (χ0) is 13.5. The third kappa shape index (κ3) is 4.04. The maximum atomic E-state index is 11.0. The third-order valence-corrected chi connectivity index (χ3v) is 3.33. The standard InChI is InChI=1S/C14H21NO3/c1-2-10(8-12(9-15)14(17)18)7-11-5-3-4-6-13(11)16/h3-6,10,12,16H,2,7-9,15H2,1H3,(H,17,18). The van der Waals surface area contributed by atoms with Crippen LogP contribution >= 0.6 is 0 Å². The van der Waals surface area contributed by atoms with Gasteiger partial charge in [0.25, 0.3) is 0 Å². The van der Waals surface area contributed by atoms with Crippen LogP contribution in [0.1, 0.15) is 25.3 Å². The summed E-state index contributed by atoms with van der Waals surface area (Å²) in [6.07, 6.45) is 2.11. The largest absolute Gasteiger partial charge is 0.508 e. The van der Waals surface area contributed by atoms with Gasteiger partial charge in [-0.3, -0.25) is 4.79 Å². The molecular formula is C14H21NO3. The number of aromatic hydroxyl groups is 1. The van der Waals surface area contributed by atoms with Gasteiger partial charge in [-0.1, -0.05) is 31.5 Å². The second-order valence-electron chi connectivity index (χ2n) is 4.61. The molecule has 1 aromatic rings. The number of rotatable bonds is 7. The Balaban J connectivity index is 2.68. The Bertz CT molecular complexity index is 392. The van der Waals surface area contributed by atoms with Crippen molar-refractivity contribution in [3.63, 3.8) is 0 Å². The van der Waals surface area contributed by atoms with Gasteiger partial charge in [-0.15, -0.1) is 0 Å². The fourth-order valence-electron chi connectivity index (χ4n) is 2.09. The number of para-hydroxylation sites is 1. The second kappa shape index (κ2) is 7.01. The first-order valence-electron chi connectivity index (χ1n) is 6.28. The van der Waals surface area contributed by atoms with Gasteiger partial charge in [0.05, 0.1) is 5.92 Å². The average Bonchev–Trinajstić information content (AvgIpc) is 2.36. The van der Waals surface area contributed by atoms with Crippen LogP contribution in [0.4, 0.5) is 0 Å². The number of phenolic OH excluding ortho intramolecular Hbond substituents is 1. The van der Waals surface area contributed by atoms with Gasteiger partial charge in [0.1, 0.15) is 5.75 Å². The van der Waals surface area contributed by atoms with Crippen molar-refractivity contribution in [2.75, 3.05) is 6.54 Å². The Hall–Kier alpha value is -1.55. The highest BCUT2D eigenvalue weighted by Crippen LogP contribution is 2.25. The van der Waals surface area contributed by atoms with Crippen LogP contribution in [-0.2, 0) is 11.2 Å². The Morgan fingerprint density at radius 2 is 2.06 bits per heavy atom. The summed E-state index contributed by atoms with van der Waals surface area (Å²) in [5, 5.41) is 18.7. The van der Waals surface area contributed by atoms with E-state index in [4.69, 9.17) is 10.8 Å². The molecule has 100 valence electrons. The van der Waals surface area contributed by atoms with Gasteiger partial charge in [0.15, 0.2) is 0 Å². The lowest BCUT2D eigenvalue weighted by molar-refractivity contribution is -0.142. The summed E-state index contributed by atoms with van der Waals surface area (Å²) in [5.74, 6) is -0.840. The summed E-state index contributed by atoms with van der Waals surface area (Å²) < 4.78 is 0. The van der Waals surface area contributed by atoms with Gasteiger partial charge in [0, 0.05) is 6.54 Å². The SMILES string of the molecule is CCC(Cc1ccccc1O)CC(CN)C(=O)O. The molecule has 0 saturated carbocycles. The van der Waals surface area contributed by atoms with Crippen LogP contribution in [0.5, 0.6) is 5.75 Å². The van der Waals surface area contributed by atoms with E-state index in [0.29, 0.717) is 12.8 Å². The van der Waals surface area contributed by atoms with Crippen molar-refractivity contribution >= 4 is 5.97 Å². The third-order valence-electron chi connectivity index (χ3n) is 3.33. The molecule has 0 aliphatic heterocycles. The molecule has 0 heterocycles. The van der Waals surface area contributed by atoms with Gasteiger partial charge in [-0.25, -0.2) is 0 Å². The molecule has 1 aromatic carbocycles. The van der Waals surface area contributed by atoms with Crippen LogP contribution in [0.3, 0.4) is 0 Å². The van der Waals surface area contributed by atoms with Crippen LogP contribution in [0.2, 0.25) is 0 Å². The Kier molecular flexibility index (Phi) is 5.65. The highest BCUT2D eigenvalue weighted by Gasteiger charge is 2.21. The van der Waals surface area contributed by atoms with Crippen LogP contribution in [0.15, 0.2) is 24.3 Å². The number of hydrogen-bond acceptors (Lipinski definition) is 3. The van der Waals surface area contributed by atoms with Gasteiger partial charge in [0.2, 0.25) is 0 Å². The van der Waals surface area contributed by atoms with E-state index in [0.717, 1.165) is 12.0 Å². The zero-order valence-electron chi connectivity index (χ0n) is 10.7. The first-order chi connectivity index (χ1) is 8.58. The van der Waals surface area contributed by atoms with Gasteiger partial charge in [-0.05, 0) is 30.4 Å². The first kappa shape index (κ1) is 14.5. The molecule has 4 N–H and O–H groups in total. The fourth-order valence-corrected chi connectivity index (χ4v) is 2.09. The number of aliphatic carboxylic acids is 1. The van der Waals surface area contributed by atoms with Crippen LogP contribution in [0, 0.1) is 11.8 Å². The molecule has 2 atom stereocenters. The number of carbonyl (C=O) groups is 1. The van der Waals surface area contributed by atoms with E-state index >= 15 is 0 Å². The van der Waals surface area contributed by atoms with Crippen molar-refractivity contribution < 1.29 is 15.0 Å². The second-order valence-corrected chi connectivity index (χ2v) is 4.61. The van der Waals surface area contributed by atoms with Crippen molar-refractivity contribution in [3.8, 4) is 5.75 Å². The van der Waals surface area contributed by atoms with Crippen LogP contribution in [0.25, 0.3) is 0 Å². The number of benzene rings is 1. The number of phenols is 1. The highest BCUT2D eigenvalue weighted by molar-refractivity contribution is 5.70. The Morgan fingerprint density at radius 1 is 1.39 bits per heavy atom. The quantitative estimate of drug-likeness (QED) is 0.692. The maximum absolute atomic E-state index is 11.0. The van der Waals surface area contributed by atoms with Crippen LogP contribution in [-0.4, -0.2) is 22.7 Å². The number of hydrogen-bond donors (Lipinski definition) is 3. The summed E-state index contributed by atoms with van der Waals surface area (Å²) in [5.41, 5.74) is 6.34. The lowest BCUT2D eigenvalue weighted by atomic mass is 9.87. The smallest absolute Gasteiger partial charge is 0.307 e. The normalized spacial score (nSPS) is 14.1. The number of nitrogens with two attached hydrogens (primary N) is 1. The Labute approximate surface area is 107 Å². The zero-order valence-corrected chi connectivity index (χ0v) is 10.7. The minimum absolute atomic E-state index is 0.159. The molecule has 0 bridgehead atoms. The minimum atomic E-state index is -0.840. The van der Waals surface area contributed by atoms with E-state index in [1.165, 1.54) is 0 Å². The van der Waals surface area contributed by atoms with Crippen molar-refractivity contribution in [1.82, 2.24) is 0 Å². The van der Waals surface area contributed by atoms with E-state index in [2.05, 4.69) is 0 Å². The van der Waals surface area contributed by atoms with Gasteiger partial charge in [-0.2, -0.15) is 0 Å². The summed E-state index contributed by atoms with van der Waals surface area (Å²) in [6.45, 7) is 2.19. The molecule has 0 amide bonds. The van der Waals surface area contributed by atoms with Gasteiger partial charge >= 0.3 is 5.97 Å². The highest BCUT2D eigenvalue weighted by atomic mass is 16.4. The molecule has 0 aliphatic rings. The predicted molar refractivity (Wildman–Crippen MR) is 70.4 cm³/mol. The summed E-state index contributed by atoms with van der Waals surface area (Å²) >= 11 is 0. The molecule has 0 saturated heterocycles. The van der Waals surface area contributed by atoms with E-state index < -0.39 is 11.9 Å². The molecule has 0 spiro atoms. The molecule has 0 aromatic heterocycles. The average molecular weight is 251 g/mol. The fraction of sp³-hybridized carbons (Fsp3) is 0.500. The van der Waals surface area contributed by atoms with Crippen molar-refractivity contribution in [2.24, 2.45) is 17.6 Å². The van der Waals surface area contributed by atoms with E-state index in [-0.39, 0.29) is 18.2 Å². The lowest BCUT2D eigenvalue weighted by Crippen LogP contribution is -2.26. The molecule has 4 nitrogen and oxygen atoms in total.